The average molecular weight is 345 g/mol. The quantitative estimate of drug-likeness (QED) is 0.578. The minimum atomic E-state index is -0.135. The monoisotopic (exact) mass is 345 g/mol. The lowest BCUT2D eigenvalue weighted by Crippen LogP contribution is -2.45. The summed E-state index contributed by atoms with van der Waals surface area (Å²) in [6.07, 6.45) is 5.40. The number of aromatic hydroxyl groups is 1. The summed E-state index contributed by atoms with van der Waals surface area (Å²) in [4.78, 5) is 0. The van der Waals surface area contributed by atoms with Crippen LogP contribution >= 0.6 is 0 Å². The number of aliphatic hydroxyl groups excluding tert-OH is 1. The molecule has 0 aliphatic heterocycles. The number of methoxy groups -OCH3 is 1. The van der Waals surface area contributed by atoms with Crippen LogP contribution in [0.2, 0.25) is 0 Å². The number of phenolic OH excluding ortho intramolecular Hbond substituents is 1. The predicted molar refractivity (Wildman–Crippen MR) is 97.6 cm³/mol. The number of aliphatic hydroxyl groups is 1. The second-order valence-corrected chi connectivity index (χ2v) is 8.65. The number of benzene rings is 1. The molecule has 0 amide bonds. The van der Waals surface area contributed by atoms with Crippen LogP contribution < -0.4 is 5.32 Å². The number of phenols is 1. The first-order valence-corrected chi connectivity index (χ1v) is 9.75. The van der Waals surface area contributed by atoms with Crippen LogP contribution in [0.15, 0.2) is 18.2 Å². The van der Waals surface area contributed by atoms with Gasteiger partial charge in [0, 0.05) is 13.7 Å². The van der Waals surface area contributed by atoms with Crippen molar-refractivity contribution in [2.45, 2.75) is 57.0 Å². The topological polar surface area (TPSA) is 61.7 Å². The highest BCUT2D eigenvalue weighted by Gasteiger charge is 2.55. The SMILES string of the molecule is COCNC[C@@H]1C[C@H]2C3CC[C@H](O)[C@@]3(C)CC[C@@H]2c2ccc(O)cc21. The fourth-order valence-corrected chi connectivity index (χ4v) is 6.21. The first-order chi connectivity index (χ1) is 12.0. The first kappa shape index (κ1) is 17.3. The van der Waals surface area contributed by atoms with Crippen molar-refractivity contribution in [1.29, 1.82) is 0 Å². The van der Waals surface area contributed by atoms with Gasteiger partial charge in [-0.15, -0.1) is 0 Å². The zero-order chi connectivity index (χ0) is 17.6. The number of nitrogens with one attached hydrogen (secondary N) is 1. The first-order valence-electron chi connectivity index (χ1n) is 9.75. The van der Waals surface area contributed by atoms with Gasteiger partial charge in [-0.05, 0) is 84.5 Å². The normalized spacial score (nSPS) is 39.6. The van der Waals surface area contributed by atoms with Crippen LogP contribution in [0.5, 0.6) is 5.75 Å². The lowest BCUT2D eigenvalue weighted by atomic mass is 9.54. The Balaban J connectivity index is 1.67. The molecule has 4 rings (SSSR count). The van der Waals surface area contributed by atoms with Crippen LogP contribution in [-0.4, -0.2) is 36.7 Å². The molecule has 3 N–H and O–H groups in total. The fraction of sp³-hybridized carbons (Fsp3) is 0.714. The maximum atomic E-state index is 10.6. The van der Waals surface area contributed by atoms with E-state index >= 15 is 0 Å². The van der Waals surface area contributed by atoms with Crippen molar-refractivity contribution in [3.8, 4) is 5.75 Å². The smallest absolute Gasteiger partial charge is 0.115 e. The maximum Gasteiger partial charge on any atom is 0.115 e. The molecule has 0 spiro atoms. The maximum absolute atomic E-state index is 10.6. The second-order valence-electron chi connectivity index (χ2n) is 8.65. The van der Waals surface area contributed by atoms with Gasteiger partial charge >= 0.3 is 0 Å². The van der Waals surface area contributed by atoms with Gasteiger partial charge in [0.05, 0.1) is 12.8 Å². The summed E-state index contributed by atoms with van der Waals surface area (Å²) >= 11 is 0. The van der Waals surface area contributed by atoms with E-state index in [-0.39, 0.29) is 11.5 Å². The molecule has 2 fully saturated rings. The average Bonchev–Trinajstić information content (AvgIpc) is 2.90. The van der Waals surface area contributed by atoms with Gasteiger partial charge in [-0.2, -0.15) is 0 Å². The lowest BCUT2D eigenvalue weighted by molar-refractivity contribution is -0.0251. The third-order valence-corrected chi connectivity index (χ3v) is 7.49. The zero-order valence-electron chi connectivity index (χ0n) is 15.4. The molecule has 6 atom stereocenters. The molecule has 3 aliphatic rings. The fourth-order valence-electron chi connectivity index (χ4n) is 6.21. The zero-order valence-corrected chi connectivity index (χ0v) is 15.4. The van der Waals surface area contributed by atoms with Crippen LogP contribution in [0.1, 0.15) is 62.0 Å². The molecular formula is C21H31NO3. The minimum Gasteiger partial charge on any atom is -0.508 e. The van der Waals surface area contributed by atoms with E-state index in [1.165, 1.54) is 11.1 Å². The molecule has 0 saturated heterocycles. The van der Waals surface area contributed by atoms with Gasteiger partial charge in [0.15, 0.2) is 0 Å². The summed E-state index contributed by atoms with van der Waals surface area (Å²) in [6, 6.07) is 5.97. The van der Waals surface area contributed by atoms with E-state index < -0.39 is 0 Å². The van der Waals surface area contributed by atoms with E-state index in [4.69, 9.17) is 4.74 Å². The molecule has 0 heterocycles. The Kier molecular flexibility index (Phi) is 4.55. The highest BCUT2D eigenvalue weighted by molar-refractivity contribution is 5.42. The molecule has 3 aliphatic carbocycles. The van der Waals surface area contributed by atoms with Gasteiger partial charge in [-0.1, -0.05) is 13.0 Å². The molecule has 4 nitrogen and oxygen atoms in total. The lowest BCUT2D eigenvalue weighted by Gasteiger charge is -2.51. The van der Waals surface area contributed by atoms with Crippen molar-refractivity contribution in [3.05, 3.63) is 29.3 Å². The van der Waals surface area contributed by atoms with Crippen LogP contribution in [0.3, 0.4) is 0 Å². The van der Waals surface area contributed by atoms with Gasteiger partial charge in [0.25, 0.3) is 0 Å². The standard InChI is InChI=1S/C21H31NO3/c1-21-8-7-16-15-4-3-14(23)10-17(15)13(11-22-12-25-2)9-18(16)19(21)5-6-20(21)24/h3-4,10,13,16,18-20,22-24H,5-9,11-12H2,1-2H3/t13-,16+,18+,19?,20-,21-/m0/s1. The molecule has 25 heavy (non-hydrogen) atoms. The number of hydrogen-bond acceptors (Lipinski definition) is 4. The Morgan fingerprint density at radius 1 is 1.24 bits per heavy atom. The molecule has 4 heteroatoms. The number of hydrogen-bond donors (Lipinski definition) is 3. The van der Waals surface area contributed by atoms with E-state index in [0.29, 0.717) is 36.2 Å². The molecule has 1 aromatic carbocycles. The number of rotatable bonds is 4. The Labute approximate surface area is 150 Å². The largest absolute Gasteiger partial charge is 0.508 e. The van der Waals surface area contributed by atoms with Gasteiger partial charge in [0.2, 0.25) is 0 Å². The Morgan fingerprint density at radius 3 is 2.88 bits per heavy atom. The Bertz CT molecular complexity index is 634. The summed E-state index contributed by atoms with van der Waals surface area (Å²) < 4.78 is 5.16. The molecule has 1 unspecified atom stereocenters. The van der Waals surface area contributed by atoms with Crippen LogP contribution in [-0.2, 0) is 4.74 Å². The molecule has 0 bridgehead atoms. The Hall–Kier alpha value is -1.10. The van der Waals surface area contributed by atoms with Crippen molar-refractivity contribution in [3.63, 3.8) is 0 Å². The van der Waals surface area contributed by atoms with Crippen molar-refractivity contribution in [2.24, 2.45) is 17.3 Å². The van der Waals surface area contributed by atoms with E-state index in [1.54, 1.807) is 7.11 Å². The molecule has 0 aromatic heterocycles. The van der Waals surface area contributed by atoms with Crippen molar-refractivity contribution < 1.29 is 14.9 Å². The molecule has 0 radical (unpaired) electrons. The van der Waals surface area contributed by atoms with Crippen LogP contribution in [0, 0.1) is 17.3 Å². The molecular weight excluding hydrogens is 314 g/mol. The summed E-state index contributed by atoms with van der Waals surface area (Å²) in [5.41, 5.74) is 2.84. The number of ether oxygens (including phenoxy) is 1. The minimum absolute atomic E-state index is 0.0973. The van der Waals surface area contributed by atoms with Gasteiger partial charge in [0.1, 0.15) is 5.75 Å². The van der Waals surface area contributed by atoms with Crippen molar-refractivity contribution in [2.75, 3.05) is 20.4 Å². The van der Waals surface area contributed by atoms with Crippen molar-refractivity contribution >= 4 is 0 Å². The highest BCUT2D eigenvalue weighted by atomic mass is 16.5. The second kappa shape index (κ2) is 6.57. The van der Waals surface area contributed by atoms with Gasteiger partial charge < -0.3 is 14.9 Å². The Morgan fingerprint density at radius 2 is 2.08 bits per heavy atom. The van der Waals surface area contributed by atoms with E-state index in [2.05, 4.69) is 18.3 Å². The van der Waals surface area contributed by atoms with Crippen LogP contribution in [0.25, 0.3) is 0 Å². The molecule has 1 aromatic rings. The van der Waals surface area contributed by atoms with Gasteiger partial charge in [-0.3, -0.25) is 5.32 Å². The summed E-state index contributed by atoms with van der Waals surface area (Å²) in [5.74, 6) is 2.61. The summed E-state index contributed by atoms with van der Waals surface area (Å²) in [6.45, 7) is 3.74. The summed E-state index contributed by atoms with van der Waals surface area (Å²) in [5, 5.41) is 24.0. The van der Waals surface area contributed by atoms with Gasteiger partial charge in [-0.25, -0.2) is 0 Å². The van der Waals surface area contributed by atoms with Crippen molar-refractivity contribution in [1.82, 2.24) is 5.32 Å². The van der Waals surface area contributed by atoms with E-state index in [0.717, 1.165) is 38.6 Å². The molecule has 2 saturated carbocycles. The summed E-state index contributed by atoms with van der Waals surface area (Å²) in [7, 11) is 1.70. The highest BCUT2D eigenvalue weighted by Crippen LogP contribution is 2.62. The van der Waals surface area contributed by atoms with E-state index in [1.807, 2.05) is 12.1 Å². The molecule has 138 valence electrons. The van der Waals surface area contributed by atoms with E-state index in [9.17, 15) is 10.2 Å². The predicted octanol–water partition coefficient (Wildman–Crippen LogP) is 3.34. The van der Waals surface area contributed by atoms with Crippen LogP contribution in [0.4, 0.5) is 0 Å². The number of fused-ring (bicyclic) bond motifs is 5. The third-order valence-electron chi connectivity index (χ3n) is 7.49. The third kappa shape index (κ3) is 2.79.